The Balaban J connectivity index is 1.35. The topological polar surface area (TPSA) is 42.1 Å². The molecule has 1 heterocycles. The average molecular weight is 281 g/mol. The summed E-state index contributed by atoms with van der Waals surface area (Å²) in [6, 6.07) is 8.22. The zero-order valence-electron chi connectivity index (χ0n) is 11.9. The number of ether oxygens (including phenoxy) is 1. The van der Waals surface area contributed by atoms with E-state index in [-0.39, 0.29) is 11.9 Å². The van der Waals surface area contributed by atoms with E-state index in [1.54, 1.807) is 0 Å². The van der Waals surface area contributed by atoms with Crippen LogP contribution in [0.2, 0.25) is 0 Å². The summed E-state index contributed by atoms with van der Waals surface area (Å²) in [5, 5.41) is 1.22. The van der Waals surface area contributed by atoms with Gasteiger partial charge in [-0.3, -0.25) is 4.79 Å². The van der Waals surface area contributed by atoms with E-state index in [1.807, 2.05) is 18.3 Å². The van der Waals surface area contributed by atoms with Gasteiger partial charge < -0.3 is 9.72 Å². The summed E-state index contributed by atoms with van der Waals surface area (Å²) >= 11 is 0. The maximum Gasteiger partial charge on any atom is 0.309 e. The molecule has 0 radical (unpaired) electrons. The number of H-pyrrole nitrogens is 1. The molecule has 3 unspecified atom stereocenters. The molecule has 0 amide bonds. The molecule has 0 spiro atoms. The molecule has 3 heteroatoms. The van der Waals surface area contributed by atoms with Crippen molar-refractivity contribution in [2.24, 2.45) is 17.8 Å². The van der Waals surface area contributed by atoms with E-state index in [1.165, 1.54) is 10.9 Å². The molecule has 3 atom stereocenters. The van der Waals surface area contributed by atoms with Crippen LogP contribution in [0.3, 0.4) is 0 Å². The number of nitrogens with one attached hydrogen (secondary N) is 1. The number of para-hydroxylation sites is 1. The molecule has 1 aromatic heterocycles. The monoisotopic (exact) mass is 281 g/mol. The number of hydrogen-bond acceptors (Lipinski definition) is 2. The lowest BCUT2D eigenvalue weighted by Crippen LogP contribution is -2.22. The third-order valence-corrected chi connectivity index (χ3v) is 4.87. The Morgan fingerprint density at radius 3 is 2.95 bits per heavy atom. The maximum absolute atomic E-state index is 12.2. The highest BCUT2D eigenvalue weighted by atomic mass is 16.5. The van der Waals surface area contributed by atoms with Crippen molar-refractivity contribution >= 4 is 16.9 Å². The average Bonchev–Trinajstić information content (AvgIpc) is 3.22. The Hall–Kier alpha value is -2.03. The van der Waals surface area contributed by atoms with Gasteiger partial charge in [-0.2, -0.15) is 0 Å². The zero-order valence-corrected chi connectivity index (χ0v) is 11.9. The number of benzene rings is 1. The van der Waals surface area contributed by atoms with Crippen LogP contribution in [0, 0.1) is 17.8 Å². The first-order valence-corrected chi connectivity index (χ1v) is 7.71. The van der Waals surface area contributed by atoms with Gasteiger partial charge in [0.25, 0.3) is 0 Å². The second kappa shape index (κ2) is 5.06. The normalized spacial score (nSPS) is 26.6. The van der Waals surface area contributed by atoms with Crippen LogP contribution in [0.15, 0.2) is 42.6 Å². The van der Waals surface area contributed by atoms with Crippen LogP contribution in [0.25, 0.3) is 10.9 Å². The molecule has 1 aromatic carbocycles. The Labute approximate surface area is 124 Å². The Morgan fingerprint density at radius 1 is 1.24 bits per heavy atom. The minimum Gasteiger partial charge on any atom is -0.465 e. The number of fused-ring (bicyclic) bond motifs is 3. The largest absolute Gasteiger partial charge is 0.465 e. The van der Waals surface area contributed by atoms with E-state index in [4.69, 9.17) is 4.74 Å². The zero-order chi connectivity index (χ0) is 14.2. The molecule has 4 rings (SSSR count). The van der Waals surface area contributed by atoms with Crippen molar-refractivity contribution in [1.29, 1.82) is 0 Å². The van der Waals surface area contributed by atoms with E-state index in [9.17, 15) is 4.79 Å². The van der Waals surface area contributed by atoms with Crippen molar-refractivity contribution in [3.63, 3.8) is 0 Å². The van der Waals surface area contributed by atoms with Crippen molar-refractivity contribution in [3.8, 4) is 0 Å². The second-order valence-corrected chi connectivity index (χ2v) is 6.16. The summed E-state index contributed by atoms with van der Waals surface area (Å²) in [6.45, 7) is 0.471. The lowest BCUT2D eigenvalue weighted by Gasteiger charge is -2.16. The molecule has 2 bridgehead atoms. The predicted octanol–water partition coefficient (Wildman–Crippen LogP) is 3.47. The Kier molecular flexibility index (Phi) is 3.06. The summed E-state index contributed by atoms with van der Waals surface area (Å²) < 4.78 is 5.51. The minimum absolute atomic E-state index is 0.00769. The number of carbonyl (C=O) groups excluding carboxylic acids is 1. The van der Waals surface area contributed by atoms with Gasteiger partial charge in [-0.05, 0) is 36.3 Å². The number of aromatic amines is 1. The van der Waals surface area contributed by atoms with E-state index in [2.05, 4.69) is 29.3 Å². The fraction of sp³-hybridized carbons (Fsp3) is 0.389. The fourth-order valence-electron chi connectivity index (χ4n) is 3.76. The van der Waals surface area contributed by atoms with E-state index in [0.29, 0.717) is 18.4 Å². The molecule has 21 heavy (non-hydrogen) atoms. The van der Waals surface area contributed by atoms with Gasteiger partial charge in [0, 0.05) is 23.5 Å². The lowest BCUT2D eigenvalue weighted by atomic mass is 9.94. The molecule has 0 saturated heterocycles. The molecule has 0 aliphatic heterocycles. The Morgan fingerprint density at radius 2 is 2.14 bits per heavy atom. The summed E-state index contributed by atoms with van der Waals surface area (Å²) in [6.07, 6.45) is 9.35. The highest BCUT2D eigenvalue weighted by Crippen LogP contribution is 2.43. The van der Waals surface area contributed by atoms with Gasteiger partial charge in [-0.1, -0.05) is 30.4 Å². The van der Waals surface area contributed by atoms with Crippen molar-refractivity contribution in [2.45, 2.75) is 19.3 Å². The van der Waals surface area contributed by atoms with Crippen LogP contribution in [-0.2, 0) is 16.0 Å². The smallest absolute Gasteiger partial charge is 0.309 e. The number of aromatic nitrogens is 1. The molecule has 3 nitrogen and oxygen atoms in total. The summed E-state index contributed by atoms with van der Waals surface area (Å²) in [5.41, 5.74) is 2.35. The third kappa shape index (κ3) is 2.27. The quantitative estimate of drug-likeness (QED) is 0.689. The van der Waals surface area contributed by atoms with Gasteiger partial charge in [0.1, 0.15) is 0 Å². The minimum atomic E-state index is -0.00769. The molecule has 1 fully saturated rings. The van der Waals surface area contributed by atoms with E-state index >= 15 is 0 Å². The van der Waals surface area contributed by atoms with Crippen LogP contribution in [0.5, 0.6) is 0 Å². The molecular weight excluding hydrogens is 262 g/mol. The van der Waals surface area contributed by atoms with Crippen molar-refractivity contribution in [2.75, 3.05) is 6.61 Å². The van der Waals surface area contributed by atoms with Gasteiger partial charge in [-0.25, -0.2) is 0 Å². The van der Waals surface area contributed by atoms with Crippen LogP contribution in [0.4, 0.5) is 0 Å². The SMILES string of the molecule is O=C(OCCc1c[nH]c2ccccc12)C1CC2C=CC1C2. The van der Waals surface area contributed by atoms with Crippen molar-refractivity contribution in [3.05, 3.63) is 48.2 Å². The molecule has 2 aromatic rings. The maximum atomic E-state index is 12.2. The highest BCUT2D eigenvalue weighted by Gasteiger charge is 2.40. The van der Waals surface area contributed by atoms with Crippen molar-refractivity contribution < 1.29 is 9.53 Å². The second-order valence-electron chi connectivity index (χ2n) is 6.16. The summed E-state index contributed by atoms with van der Waals surface area (Å²) in [4.78, 5) is 15.4. The van der Waals surface area contributed by atoms with Gasteiger partial charge in [0.15, 0.2) is 0 Å². The number of rotatable bonds is 4. The van der Waals surface area contributed by atoms with Crippen LogP contribution < -0.4 is 0 Å². The standard InChI is InChI=1S/C18H19NO2/c20-18(16-10-12-5-6-13(16)9-12)21-8-7-14-11-19-17-4-2-1-3-15(14)17/h1-6,11-13,16,19H,7-10H2. The van der Waals surface area contributed by atoms with Crippen LogP contribution >= 0.6 is 0 Å². The summed E-state index contributed by atoms with van der Waals surface area (Å²) in [5.74, 6) is 1.13. The van der Waals surface area contributed by atoms with Gasteiger partial charge in [0.2, 0.25) is 0 Å². The summed E-state index contributed by atoms with van der Waals surface area (Å²) in [7, 11) is 0. The van der Waals surface area contributed by atoms with E-state index in [0.717, 1.165) is 24.8 Å². The number of allylic oxidation sites excluding steroid dienone is 2. The van der Waals surface area contributed by atoms with Gasteiger partial charge in [-0.15, -0.1) is 0 Å². The number of esters is 1. The molecule has 1 saturated carbocycles. The Bertz CT molecular complexity index is 700. The van der Waals surface area contributed by atoms with Gasteiger partial charge >= 0.3 is 5.97 Å². The molecule has 1 N–H and O–H groups in total. The first-order chi connectivity index (χ1) is 10.3. The van der Waals surface area contributed by atoms with E-state index < -0.39 is 0 Å². The van der Waals surface area contributed by atoms with Crippen molar-refractivity contribution in [1.82, 2.24) is 4.98 Å². The van der Waals surface area contributed by atoms with Crippen LogP contribution in [-0.4, -0.2) is 17.6 Å². The molecular formula is C18H19NO2. The highest BCUT2D eigenvalue weighted by molar-refractivity contribution is 5.83. The van der Waals surface area contributed by atoms with Gasteiger partial charge in [0.05, 0.1) is 12.5 Å². The van der Waals surface area contributed by atoms with Crippen LogP contribution in [0.1, 0.15) is 18.4 Å². The fourth-order valence-corrected chi connectivity index (χ4v) is 3.76. The first kappa shape index (κ1) is 12.7. The first-order valence-electron chi connectivity index (χ1n) is 7.71. The molecule has 2 aliphatic carbocycles. The molecule has 108 valence electrons. The predicted molar refractivity (Wildman–Crippen MR) is 81.8 cm³/mol. The third-order valence-electron chi connectivity index (χ3n) is 4.87. The number of carbonyl (C=O) groups is 1. The lowest BCUT2D eigenvalue weighted by molar-refractivity contribution is -0.149. The molecule has 2 aliphatic rings. The number of hydrogen-bond donors (Lipinski definition) is 1.